The number of nitrogens with one attached hydrogen (secondary N) is 1. The van der Waals surface area contributed by atoms with Gasteiger partial charge in [0.1, 0.15) is 5.75 Å². The molecule has 3 rings (SSSR count). The summed E-state index contributed by atoms with van der Waals surface area (Å²) in [4.78, 5) is 4.47. The summed E-state index contributed by atoms with van der Waals surface area (Å²) >= 11 is 0. The number of nitrogens with zero attached hydrogens (tertiary/aromatic N) is 2. The molecule has 4 heteroatoms. The molecule has 0 saturated carbocycles. The van der Waals surface area contributed by atoms with Crippen LogP contribution in [0.15, 0.2) is 24.4 Å². The summed E-state index contributed by atoms with van der Waals surface area (Å²) in [6.45, 7) is 1.99. The predicted molar refractivity (Wildman–Crippen MR) is 62.7 cm³/mol. The molecule has 0 atom stereocenters. The van der Waals surface area contributed by atoms with Crippen molar-refractivity contribution in [1.82, 2.24) is 15.2 Å². The van der Waals surface area contributed by atoms with Gasteiger partial charge in [-0.2, -0.15) is 5.10 Å². The van der Waals surface area contributed by atoms with Crippen molar-refractivity contribution in [3.63, 3.8) is 0 Å². The van der Waals surface area contributed by atoms with Crippen LogP contribution in [-0.4, -0.2) is 22.3 Å². The quantitative estimate of drug-likeness (QED) is 0.675. The Morgan fingerprint density at radius 1 is 1.25 bits per heavy atom. The van der Waals surface area contributed by atoms with Crippen LogP contribution >= 0.6 is 0 Å². The van der Waals surface area contributed by atoms with Crippen molar-refractivity contribution in [3.05, 3.63) is 30.1 Å². The fourth-order valence-electron chi connectivity index (χ4n) is 2.06. The molecule has 0 saturated heterocycles. The molecule has 0 amide bonds. The highest BCUT2D eigenvalue weighted by Crippen LogP contribution is 2.32. The van der Waals surface area contributed by atoms with Gasteiger partial charge in [-0.3, -0.25) is 5.10 Å². The number of methoxy groups -OCH3 is 1. The summed E-state index contributed by atoms with van der Waals surface area (Å²) in [5.41, 5.74) is 1.78. The summed E-state index contributed by atoms with van der Waals surface area (Å²) in [7, 11) is 1.68. The van der Waals surface area contributed by atoms with Crippen LogP contribution in [0.25, 0.3) is 21.8 Å². The van der Waals surface area contributed by atoms with Gasteiger partial charge in [0, 0.05) is 16.5 Å². The molecule has 0 radical (unpaired) electrons. The average molecular weight is 213 g/mol. The number of aryl methyl sites for hydroxylation is 1. The third-order valence-corrected chi connectivity index (χ3v) is 2.80. The molecule has 2 aromatic heterocycles. The molecule has 2 heterocycles. The molecule has 0 aliphatic rings. The zero-order chi connectivity index (χ0) is 11.1. The highest BCUT2D eigenvalue weighted by molar-refractivity contribution is 6.08. The number of aromatic amines is 1. The Morgan fingerprint density at radius 2 is 2.12 bits per heavy atom. The lowest BCUT2D eigenvalue weighted by molar-refractivity contribution is 0.420. The third-order valence-electron chi connectivity index (χ3n) is 2.80. The van der Waals surface area contributed by atoms with E-state index in [1.807, 2.05) is 25.1 Å². The van der Waals surface area contributed by atoms with Gasteiger partial charge >= 0.3 is 0 Å². The van der Waals surface area contributed by atoms with Crippen molar-refractivity contribution in [2.45, 2.75) is 6.92 Å². The first-order chi connectivity index (χ1) is 7.81. The Kier molecular flexibility index (Phi) is 1.83. The van der Waals surface area contributed by atoms with Crippen LogP contribution in [0.1, 0.15) is 5.69 Å². The lowest BCUT2D eigenvalue weighted by Gasteiger charge is -2.07. The van der Waals surface area contributed by atoms with Crippen LogP contribution < -0.4 is 4.74 Å². The summed E-state index contributed by atoms with van der Waals surface area (Å²) in [5.74, 6) is 0.856. The first-order valence-electron chi connectivity index (χ1n) is 5.07. The molecule has 0 bridgehead atoms. The maximum Gasteiger partial charge on any atom is 0.156 e. The number of hydrogen-bond donors (Lipinski definition) is 1. The van der Waals surface area contributed by atoms with Crippen LogP contribution in [0, 0.1) is 6.92 Å². The maximum atomic E-state index is 5.39. The molecule has 0 unspecified atom stereocenters. The monoisotopic (exact) mass is 213 g/mol. The molecule has 0 aliphatic heterocycles. The SMILES string of the molecule is COc1cccc2c(C)nc3[nH]ncc3c12. The summed E-state index contributed by atoms with van der Waals surface area (Å²) in [6.07, 6.45) is 1.78. The van der Waals surface area contributed by atoms with Crippen molar-refractivity contribution in [3.8, 4) is 5.75 Å². The van der Waals surface area contributed by atoms with Gasteiger partial charge in [-0.1, -0.05) is 12.1 Å². The number of fused-ring (bicyclic) bond motifs is 3. The first kappa shape index (κ1) is 9.15. The van der Waals surface area contributed by atoms with Crippen molar-refractivity contribution in [2.75, 3.05) is 7.11 Å². The minimum Gasteiger partial charge on any atom is -0.496 e. The number of benzene rings is 1. The second-order valence-corrected chi connectivity index (χ2v) is 3.71. The van der Waals surface area contributed by atoms with E-state index in [9.17, 15) is 0 Å². The molecule has 0 fully saturated rings. The van der Waals surface area contributed by atoms with Gasteiger partial charge in [0.25, 0.3) is 0 Å². The summed E-state index contributed by atoms with van der Waals surface area (Å²) < 4.78 is 5.39. The lowest BCUT2D eigenvalue weighted by atomic mass is 10.1. The van der Waals surface area contributed by atoms with Crippen LogP contribution in [0.5, 0.6) is 5.75 Å². The van der Waals surface area contributed by atoms with Gasteiger partial charge in [0.15, 0.2) is 5.65 Å². The van der Waals surface area contributed by atoms with E-state index in [-0.39, 0.29) is 0 Å². The number of aromatic nitrogens is 3. The molecular formula is C12H11N3O. The fraction of sp³-hybridized carbons (Fsp3) is 0.167. The van der Waals surface area contributed by atoms with Gasteiger partial charge in [-0.15, -0.1) is 0 Å². The minimum absolute atomic E-state index is 0.800. The van der Waals surface area contributed by atoms with Crippen LogP contribution in [0.2, 0.25) is 0 Å². The van der Waals surface area contributed by atoms with E-state index < -0.39 is 0 Å². The molecule has 0 spiro atoms. The Labute approximate surface area is 92.3 Å². The molecule has 3 aromatic rings. The summed E-state index contributed by atoms with van der Waals surface area (Å²) in [5, 5.41) is 10.1. The zero-order valence-corrected chi connectivity index (χ0v) is 9.11. The van der Waals surface area contributed by atoms with Crippen LogP contribution in [-0.2, 0) is 0 Å². The maximum absolute atomic E-state index is 5.39. The Morgan fingerprint density at radius 3 is 2.94 bits per heavy atom. The average Bonchev–Trinajstić information content (AvgIpc) is 2.76. The van der Waals surface area contributed by atoms with E-state index in [0.29, 0.717) is 0 Å². The normalized spacial score (nSPS) is 11.1. The topological polar surface area (TPSA) is 50.8 Å². The van der Waals surface area contributed by atoms with Gasteiger partial charge in [0.2, 0.25) is 0 Å². The molecule has 16 heavy (non-hydrogen) atoms. The molecule has 0 aliphatic carbocycles. The molecule has 1 N–H and O–H groups in total. The number of hydrogen-bond acceptors (Lipinski definition) is 3. The van der Waals surface area contributed by atoms with Gasteiger partial charge in [-0.25, -0.2) is 4.98 Å². The Balaban J connectivity index is 2.62. The second-order valence-electron chi connectivity index (χ2n) is 3.71. The van der Waals surface area contributed by atoms with Crippen molar-refractivity contribution >= 4 is 21.8 Å². The standard InChI is InChI=1S/C12H11N3O/c1-7-8-4-3-5-10(16-2)11(8)9-6-13-15-12(9)14-7/h3-6H,1-2H3,(H,13,14,15). The van der Waals surface area contributed by atoms with Gasteiger partial charge in [-0.05, 0) is 13.0 Å². The van der Waals surface area contributed by atoms with E-state index in [1.54, 1.807) is 13.3 Å². The van der Waals surface area contributed by atoms with Crippen LogP contribution in [0.3, 0.4) is 0 Å². The van der Waals surface area contributed by atoms with Gasteiger partial charge < -0.3 is 4.74 Å². The fourth-order valence-corrected chi connectivity index (χ4v) is 2.06. The largest absolute Gasteiger partial charge is 0.496 e. The molecule has 1 aromatic carbocycles. The van der Waals surface area contributed by atoms with Crippen molar-refractivity contribution < 1.29 is 4.74 Å². The lowest BCUT2D eigenvalue weighted by Crippen LogP contribution is -1.90. The van der Waals surface area contributed by atoms with E-state index in [4.69, 9.17) is 4.74 Å². The van der Waals surface area contributed by atoms with Crippen molar-refractivity contribution in [2.24, 2.45) is 0 Å². The van der Waals surface area contributed by atoms with Gasteiger partial charge in [0.05, 0.1) is 18.7 Å². The molecule has 80 valence electrons. The Hall–Kier alpha value is -2.10. The highest BCUT2D eigenvalue weighted by atomic mass is 16.5. The number of pyridine rings is 1. The van der Waals surface area contributed by atoms with E-state index in [2.05, 4.69) is 15.2 Å². The Bertz CT molecular complexity index is 672. The highest BCUT2D eigenvalue weighted by Gasteiger charge is 2.10. The van der Waals surface area contributed by atoms with E-state index >= 15 is 0 Å². The van der Waals surface area contributed by atoms with Crippen LogP contribution in [0.4, 0.5) is 0 Å². The second kappa shape index (κ2) is 3.20. The molecule has 4 nitrogen and oxygen atoms in total. The number of H-pyrrole nitrogens is 1. The third kappa shape index (κ3) is 1.10. The van der Waals surface area contributed by atoms with E-state index in [1.165, 1.54) is 0 Å². The van der Waals surface area contributed by atoms with Crippen molar-refractivity contribution in [1.29, 1.82) is 0 Å². The zero-order valence-electron chi connectivity index (χ0n) is 9.11. The molecular weight excluding hydrogens is 202 g/mol. The number of ether oxygens (including phenoxy) is 1. The first-order valence-corrected chi connectivity index (χ1v) is 5.07. The smallest absolute Gasteiger partial charge is 0.156 e. The number of rotatable bonds is 1. The minimum atomic E-state index is 0.800. The summed E-state index contributed by atoms with van der Waals surface area (Å²) in [6, 6.07) is 5.97. The van der Waals surface area contributed by atoms with E-state index in [0.717, 1.165) is 33.2 Å². The predicted octanol–water partition coefficient (Wildman–Crippen LogP) is 2.43.